The van der Waals surface area contributed by atoms with Crippen LogP contribution in [0.5, 0.6) is 0 Å². The lowest BCUT2D eigenvalue weighted by atomic mass is 10.3. The number of rotatable bonds is 4. The number of hydrogen-bond donors (Lipinski definition) is 2. The minimum Gasteiger partial charge on any atom is -0.347 e. The molecule has 1 fully saturated rings. The Morgan fingerprint density at radius 1 is 1.20 bits per heavy atom. The van der Waals surface area contributed by atoms with Gasteiger partial charge in [-0.05, 0) is 31.0 Å². The molecule has 1 aliphatic carbocycles. The topological polar surface area (TPSA) is 100.0 Å². The van der Waals surface area contributed by atoms with Gasteiger partial charge in [-0.3, -0.25) is 9.59 Å². The van der Waals surface area contributed by atoms with E-state index in [1.54, 1.807) is 18.2 Å². The predicted octanol–water partition coefficient (Wildman–Crippen LogP) is -0.476. The summed E-state index contributed by atoms with van der Waals surface area (Å²) in [6.45, 7) is -0.0626. The Morgan fingerprint density at radius 3 is 2.70 bits per heavy atom. The number of urea groups is 1. The summed E-state index contributed by atoms with van der Waals surface area (Å²) in [5.41, 5.74) is 0.517. The van der Waals surface area contributed by atoms with Crippen molar-refractivity contribution in [2.24, 2.45) is 15.9 Å². The molecular formula is C13H12N4O3. The second kappa shape index (κ2) is 4.84. The van der Waals surface area contributed by atoms with Gasteiger partial charge in [-0.15, -0.1) is 0 Å². The molecule has 1 aliphatic heterocycles. The fourth-order valence-corrected chi connectivity index (χ4v) is 1.88. The number of hydrogen-bond acceptors (Lipinski definition) is 3. The lowest BCUT2D eigenvalue weighted by Gasteiger charge is -2.06. The summed E-state index contributed by atoms with van der Waals surface area (Å²) in [6.07, 6.45) is 1.80. The minimum atomic E-state index is -0.542. The van der Waals surface area contributed by atoms with Crippen LogP contribution < -0.4 is 21.3 Å². The summed E-state index contributed by atoms with van der Waals surface area (Å²) < 4.78 is 0. The molecule has 0 bridgehead atoms. The molecule has 7 heteroatoms. The van der Waals surface area contributed by atoms with Gasteiger partial charge in [0, 0.05) is 11.6 Å². The second-order valence-electron chi connectivity index (χ2n) is 4.75. The Kier molecular flexibility index (Phi) is 3.02. The third-order valence-electron chi connectivity index (χ3n) is 3.06. The van der Waals surface area contributed by atoms with Crippen LogP contribution in [0, 0.1) is 5.92 Å². The molecule has 7 nitrogen and oxygen atoms in total. The average Bonchev–Trinajstić information content (AvgIpc) is 3.18. The first-order valence-electron chi connectivity index (χ1n) is 6.31. The zero-order chi connectivity index (χ0) is 14.1. The monoisotopic (exact) mass is 272 g/mol. The molecule has 0 atom stereocenters. The Morgan fingerprint density at radius 2 is 1.95 bits per heavy atom. The zero-order valence-electron chi connectivity index (χ0n) is 10.5. The first-order valence-corrected chi connectivity index (χ1v) is 6.31. The number of amides is 4. The highest BCUT2D eigenvalue weighted by Gasteiger charge is 2.29. The van der Waals surface area contributed by atoms with Crippen LogP contribution in [-0.4, -0.2) is 24.4 Å². The summed E-state index contributed by atoms with van der Waals surface area (Å²) >= 11 is 0. The van der Waals surface area contributed by atoms with Crippen molar-refractivity contribution < 1.29 is 14.4 Å². The van der Waals surface area contributed by atoms with E-state index in [1.165, 1.54) is 0 Å². The quantitative estimate of drug-likeness (QED) is 0.774. The maximum atomic E-state index is 11.7. The van der Waals surface area contributed by atoms with Gasteiger partial charge in [-0.1, -0.05) is 0 Å². The molecule has 0 radical (unpaired) electrons. The highest BCUT2D eigenvalue weighted by molar-refractivity contribution is 5.95. The van der Waals surface area contributed by atoms with Crippen LogP contribution in [0.15, 0.2) is 28.2 Å². The molecular weight excluding hydrogens is 260 g/mol. The van der Waals surface area contributed by atoms with Crippen LogP contribution >= 0.6 is 0 Å². The van der Waals surface area contributed by atoms with Crippen molar-refractivity contribution in [1.82, 2.24) is 5.32 Å². The molecule has 0 spiro atoms. The molecule has 1 saturated carbocycles. The average molecular weight is 272 g/mol. The Hall–Kier alpha value is -2.57. The fourth-order valence-electron chi connectivity index (χ4n) is 1.88. The maximum Gasteiger partial charge on any atom is 0.368 e. The van der Waals surface area contributed by atoms with Crippen LogP contribution in [0.4, 0.5) is 10.5 Å². The van der Waals surface area contributed by atoms with Gasteiger partial charge in [-0.25, -0.2) is 4.79 Å². The van der Waals surface area contributed by atoms with Gasteiger partial charge in [0.2, 0.25) is 11.8 Å². The molecule has 1 heterocycles. The van der Waals surface area contributed by atoms with Crippen molar-refractivity contribution in [2.45, 2.75) is 12.8 Å². The number of carbonyl (C=O) groups is 3. The number of nitrogens with zero attached hydrogens (tertiary/aromatic N) is 2. The van der Waals surface area contributed by atoms with E-state index >= 15 is 0 Å². The van der Waals surface area contributed by atoms with E-state index in [2.05, 4.69) is 20.6 Å². The van der Waals surface area contributed by atoms with E-state index in [9.17, 15) is 14.4 Å². The van der Waals surface area contributed by atoms with Crippen molar-refractivity contribution >= 4 is 23.5 Å². The summed E-state index contributed by atoms with van der Waals surface area (Å²) in [5.74, 6) is -0.317. The first kappa shape index (κ1) is 12.5. The SMILES string of the molecule is O=C1N=c2ccc(NC(=O)CNC(=O)C3CC3)cc2=N1. The molecule has 1 aromatic carbocycles. The van der Waals surface area contributed by atoms with Gasteiger partial charge in [-0.2, -0.15) is 9.98 Å². The van der Waals surface area contributed by atoms with E-state index in [0.29, 0.717) is 16.4 Å². The van der Waals surface area contributed by atoms with Gasteiger partial charge in [0.15, 0.2) is 0 Å². The summed E-state index contributed by atoms with van der Waals surface area (Å²) in [5, 5.41) is 6.15. The standard InChI is InChI=1S/C13H12N4O3/c18-11(6-14-12(19)7-1-2-7)15-8-3-4-9-10(5-8)17-13(20)16-9/h3-5,7H,1-2,6H2,(H,14,19)(H,15,18). The lowest BCUT2D eigenvalue weighted by molar-refractivity contribution is -0.125. The number of fused-ring (bicyclic) bond motifs is 1. The molecule has 3 rings (SSSR count). The smallest absolute Gasteiger partial charge is 0.347 e. The van der Waals surface area contributed by atoms with Gasteiger partial charge < -0.3 is 10.6 Å². The van der Waals surface area contributed by atoms with Crippen LogP contribution in [0.3, 0.4) is 0 Å². The van der Waals surface area contributed by atoms with E-state index in [-0.39, 0.29) is 24.3 Å². The number of nitrogens with one attached hydrogen (secondary N) is 2. The normalized spacial score (nSPS) is 15.9. The number of benzene rings is 1. The molecule has 2 N–H and O–H groups in total. The van der Waals surface area contributed by atoms with Gasteiger partial charge in [0.05, 0.1) is 17.3 Å². The summed E-state index contributed by atoms with van der Waals surface area (Å²) in [7, 11) is 0. The molecule has 4 amide bonds. The number of anilines is 1. The van der Waals surface area contributed by atoms with E-state index < -0.39 is 6.03 Å². The highest BCUT2D eigenvalue weighted by Crippen LogP contribution is 2.28. The van der Waals surface area contributed by atoms with E-state index in [1.807, 2.05) is 0 Å². The maximum absolute atomic E-state index is 11.7. The van der Waals surface area contributed by atoms with Crippen LogP contribution in [0.1, 0.15) is 12.8 Å². The van der Waals surface area contributed by atoms with Crippen LogP contribution in [0.25, 0.3) is 0 Å². The molecule has 0 aromatic heterocycles. The molecule has 1 aromatic rings. The van der Waals surface area contributed by atoms with Crippen molar-refractivity contribution in [2.75, 3.05) is 11.9 Å². The minimum absolute atomic E-state index is 0.0626. The highest BCUT2D eigenvalue weighted by atomic mass is 16.2. The Labute approximate surface area is 113 Å². The zero-order valence-corrected chi connectivity index (χ0v) is 10.5. The third-order valence-corrected chi connectivity index (χ3v) is 3.06. The molecule has 2 aliphatic rings. The molecule has 0 unspecified atom stereocenters. The van der Waals surface area contributed by atoms with Crippen molar-refractivity contribution in [3.05, 3.63) is 28.9 Å². The molecule has 102 valence electrons. The molecule has 20 heavy (non-hydrogen) atoms. The lowest BCUT2D eigenvalue weighted by Crippen LogP contribution is -2.34. The van der Waals surface area contributed by atoms with Gasteiger partial charge in [0.25, 0.3) is 0 Å². The van der Waals surface area contributed by atoms with Crippen molar-refractivity contribution in [3.63, 3.8) is 0 Å². The van der Waals surface area contributed by atoms with Gasteiger partial charge >= 0.3 is 6.03 Å². The van der Waals surface area contributed by atoms with E-state index in [4.69, 9.17) is 0 Å². The molecule has 0 saturated heterocycles. The van der Waals surface area contributed by atoms with Gasteiger partial charge in [0.1, 0.15) is 0 Å². The predicted molar refractivity (Wildman–Crippen MR) is 68.5 cm³/mol. The third kappa shape index (κ3) is 2.71. The van der Waals surface area contributed by atoms with E-state index in [0.717, 1.165) is 12.8 Å². The van der Waals surface area contributed by atoms with Crippen molar-refractivity contribution in [1.29, 1.82) is 0 Å². The largest absolute Gasteiger partial charge is 0.368 e. The van der Waals surface area contributed by atoms with Crippen LogP contribution in [-0.2, 0) is 9.59 Å². The fraction of sp³-hybridized carbons (Fsp3) is 0.308. The Bertz CT molecular complexity index is 722. The summed E-state index contributed by atoms with van der Waals surface area (Å²) in [4.78, 5) is 41.5. The van der Waals surface area contributed by atoms with Crippen molar-refractivity contribution in [3.8, 4) is 0 Å². The second-order valence-corrected chi connectivity index (χ2v) is 4.75. The van der Waals surface area contributed by atoms with Crippen LogP contribution in [0.2, 0.25) is 0 Å². The first-order chi connectivity index (χ1) is 9.61. The Balaban J connectivity index is 1.61. The number of carbonyl (C=O) groups excluding carboxylic acids is 3. The summed E-state index contributed by atoms with van der Waals surface area (Å²) in [6, 6.07) is 4.28.